The van der Waals surface area contributed by atoms with E-state index >= 15 is 0 Å². The first-order valence-corrected chi connectivity index (χ1v) is 24.3. The first-order chi connectivity index (χ1) is 31.9. The summed E-state index contributed by atoms with van der Waals surface area (Å²) < 4.78 is 29.6. The van der Waals surface area contributed by atoms with Gasteiger partial charge in [-0.15, -0.1) is 0 Å². The van der Waals surface area contributed by atoms with Gasteiger partial charge in [0.2, 0.25) is 33.7 Å². The highest BCUT2D eigenvalue weighted by atomic mass is 32.2. The maximum atomic E-state index is 14.0. The van der Waals surface area contributed by atoms with Gasteiger partial charge in [-0.2, -0.15) is 4.31 Å². The van der Waals surface area contributed by atoms with Crippen LogP contribution < -0.4 is 21.3 Å². The zero-order valence-electron chi connectivity index (χ0n) is 37.0. The molecule has 4 atom stereocenters. The van der Waals surface area contributed by atoms with Crippen LogP contribution in [0.4, 0.5) is 17.1 Å². The van der Waals surface area contributed by atoms with Crippen LogP contribution in [0.2, 0.25) is 0 Å². The van der Waals surface area contributed by atoms with E-state index in [1.54, 1.807) is 39.5 Å². The van der Waals surface area contributed by atoms with Crippen molar-refractivity contribution < 1.29 is 37.5 Å². The molecule has 5 amide bonds. The Morgan fingerprint density at radius 2 is 1.67 bits per heavy atom. The lowest BCUT2D eigenvalue weighted by Gasteiger charge is -2.39. The minimum atomic E-state index is -3.81. The number of hydrogen-bond acceptors (Lipinski definition) is 11. The zero-order valence-corrected chi connectivity index (χ0v) is 37.8. The second kappa shape index (κ2) is 19.0. The molecule has 0 spiro atoms. The van der Waals surface area contributed by atoms with Crippen molar-refractivity contribution in [1.82, 2.24) is 24.3 Å². The third kappa shape index (κ3) is 9.17. The number of nitrogens with one attached hydrogen (secondary N) is 4. The summed E-state index contributed by atoms with van der Waals surface area (Å²) in [5, 5.41) is 22.6. The highest BCUT2D eigenvalue weighted by Crippen LogP contribution is 2.49. The summed E-state index contributed by atoms with van der Waals surface area (Å²) in [4.78, 5) is 69.3. The third-order valence-electron chi connectivity index (χ3n) is 13.7. The number of benzene rings is 4. The monoisotopic (exact) mass is 916 g/mol. The molecule has 3 fully saturated rings. The van der Waals surface area contributed by atoms with E-state index in [9.17, 15) is 37.5 Å². The van der Waals surface area contributed by atoms with Gasteiger partial charge in [0.15, 0.2) is 0 Å². The molecule has 5 aliphatic heterocycles. The molecule has 3 saturated heterocycles. The topological polar surface area (TPSA) is 201 Å². The highest BCUT2D eigenvalue weighted by Gasteiger charge is 2.48. The summed E-state index contributed by atoms with van der Waals surface area (Å²) in [6.45, 7) is 5.89. The zero-order chi connectivity index (χ0) is 46.1. The quantitative estimate of drug-likeness (QED) is 0.0841. The largest absolute Gasteiger partial charge is 0.394 e. The second-order valence-electron chi connectivity index (χ2n) is 18.0. The molecule has 0 radical (unpaired) electrons. The van der Waals surface area contributed by atoms with E-state index in [0.717, 1.165) is 52.2 Å². The number of carbonyl (C=O) groups excluding carboxylic acids is 5. The molecule has 17 heteroatoms. The van der Waals surface area contributed by atoms with Gasteiger partial charge in [-0.3, -0.25) is 34.2 Å². The maximum Gasteiger partial charge on any atom is 0.255 e. The van der Waals surface area contributed by atoms with E-state index in [2.05, 4.69) is 26.2 Å². The number of piperazine rings is 1. The summed E-state index contributed by atoms with van der Waals surface area (Å²) >= 11 is 0. The molecule has 0 saturated carbocycles. The first kappa shape index (κ1) is 45.0. The third-order valence-corrected chi connectivity index (χ3v) is 15.6. The standard InChI is InChI=1S/C49H56N8O8S/c1-31-11-14-35(15-12-31)66(64,65)57-23-19-37-42(30-58)52-41-16-13-33(27-38(41)47(37)57)32-6-2-7-34(26-32)51-44(59)10-4-22-55-25-24-54(29-46(55)61)21-5-20-50-40-9-3-8-36-39(40)28-56(49(36)63)43-17-18-45(60)53-48(43)62/h2-3,6-9,11-16,26-27,37,42-43,47,50,52,58H,4-5,10,17-25,28-30H2,1H3,(H,51,59)(H,53,60,62)/t37-,42+,43?,47-/m1/s1. The Bertz CT molecular complexity index is 2660. The average molecular weight is 917 g/mol. The average Bonchev–Trinajstić information content (AvgIpc) is 3.91. The summed E-state index contributed by atoms with van der Waals surface area (Å²) in [6.07, 6.45) is 2.67. The molecule has 66 heavy (non-hydrogen) atoms. The molecular weight excluding hydrogens is 861 g/mol. The number of imide groups is 1. The van der Waals surface area contributed by atoms with E-state index in [-0.39, 0.29) is 59.9 Å². The minimum absolute atomic E-state index is 0.0298. The molecule has 0 aliphatic carbocycles. The van der Waals surface area contributed by atoms with E-state index in [1.165, 1.54) is 0 Å². The van der Waals surface area contributed by atoms with Crippen LogP contribution in [0.25, 0.3) is 11.1 Å². The van der Waals surface area contributed by atoms with Crippen molar-refractivity contribution in [2.45, 2.75) is 75.0 Å². The molecule has 5 heterocycles. The van der Waals surface area contributed by atoms with Crippen LogP contribution in [0, 0.1) is 12.8 Å². The minimum Gasteiger partial charge on any atom is -0.394 e. The Labute approximate surface area is 384 Å². The predicted molar refractivity (Wildman–Crippen MR) is 249 cm³/mol. The maximum absolute atomic E-state index is 14.0. The molecule has 4 aromatic rings. The summed E-state index contributed by atoms with van der Waals surface area (Å²) in [5.41, 5.74) is 7.22. The Balaban J connectivity index is 0.739. The van der Waals surface area contributed by atoms with Gasteiger partial charge in [-0.05, 0) is 97.8 Å². The van der Waals surface area contributed by atoms with Gasteiger partial charge in [-0.25, -0.2) is 8.42 Å². The number of rotatable bonds is 15. The van der Waals surface area contributed by atoms with Crippen molar-refractivity contribution in [2.75, 3.05) is 68.4 Å². The number of hydrogen-bond donors (Lipinski definition) is 5. The fourth-order valence-corrected chi connectivity index (χ4v) is 11.9. The van der Waals surface area contributed by atoms with E-state index in [0.29, 0.717) is 76.3 Å². The van der Waals surface area contributed by atoms with Crippen molar-refractivity contribution >= 4 is 56.6 Å². The molecule has 4 aromatic carbocycles. The number of carbonyl (C=O) groups is 5. The number of fused-ring (bicyclic) bond motifs is 4. The lowest BCUT2D eigenvalue weighted by atomic mass is 9.82. The van der Waals surface area contributed by atoms with Gasteiger partial charge in [0, 0.05) is 92.8 Å². The van der Waals surface area contributed by atoms with Crippen molar-refractivity contribution in [3.8, 4) is 11.1 Å². The Morgan fingerprint density at radius 1 is 0.864 bits per heavy atom. The Hall–Kier alpha value is -6.14. The van der Waals surface area contributed by atoms with Gasteiger partial charge in [0.25, 0.3) is 5.91 Å². The lowest BCUT2D eigenvalue weighted by molar-refractivity contribution is -0.137. The summed E-state index contributed by atoms with van der Waals surface area (Å²) in [7, 11) is -3.81. The van der Waals surface area contributed by atoms with E-state index in [4.69, 9.17) is 0 Å². The molecule has 0 bridgehead atoms. The predicted octanol–water partition coefficient (Wildman–Crippen LogP) is 4.33. The van der Waals surface area contributed by atoms with Gasteiger partial charge < -0.3 is 30.9 Å². The van der Waals surface area contributed by atoms with Crippen LogP contribution in [0.15, 0.2) is 89.8 Å². The van der Waals surface area contributed by atoms with Crippen molar-refractivity contribution in [1.29, 1.82) is 0 Å². The summed E-state index contributed by atoms with van der Waals surface area (Å²) in [6, 6.07) is 24.5. The van der Waals surface area contributed by atoms with Crippen LogP contribution in [0.3, 0.4) is 0 Å². The molecule has 1 unspecified atom stereocenters. The number of aliphatic hydroxyl groups is 1. The number of anilines is 3. The fourth-order valence-electron chi connectivity index (χ4n) is 10.2. The molecular formula is C49H56N8O8S. The molecule has 16 nitrogen and oxygen atoms in total. The fraction of sp³-hybridized carbons (Fsp3) is 0.408. The van der Waals surface area contributed by atoms with E-state index in [1.807, 2.05) is 66.4 Å². The number of amides is 5. The van der Waals surface area contributed by atoms with Crippen LogP contribution in [-0.2, 0) is 35.7 Å². The van der Waals surface area contributed by atoms with Crippen LogP contribution in [0.1, 0.15) is 71.6 Å². The van der Waals surface area contributed by atoms with Crippen LogP contribution in [-0.4, -0.2) is 127 Å². The molecule has 0 aromatic heterocycles. The van der Waals surface area contributed by atoms with Gasteiger partial charge >= 0.3 is 0 Å². The highest BCUT2D eigenvalue weighted by molar-refractivity contribution is 7.89. The number of nitrogens with zero attached hydrogens (tertiary/aromatic N) is 4. The van der Waals surface area contributed by atoms with Gasteiger partial charge in [0.05, 0.1) is 30.1 Å². The van der Waals surface area contributed by atoms with Crippen molar-refractivity contribution in [2.24, 2.45) is 5.92 Å². The normalized spacial score (nSPS) is 22.1. The SMILES string of the molecule is Cc1ccc(S(=O)(=O)N2CC[C@@H]3[C@H](CO)Nc4ccc(-c5cccc(NC(=O)CCCN6CCN(CCCNc7cccc8c7CN(C7CCC(=O)NC7=O)C8=O)CC6=O)c5)cc4[C@@H]32)cc1. The molecule has 9 rings (SSSR count). The van der Waals surface area contributed by atoms with Gasteiger partial charge in [-0.1, -0.05) is 42.0 Å². The van der Waals surface area contributed by atoms with E-state index < -0.39 is 28.0 Å². The second-order valence-corrected chi connectivity index (χ2v) is 19.9. The number of aliphatic hydroxyl groups excluding tert-OH is 1. The van der Waals surface area contributed by atoms with Crippen LogP contribution in [0.5, 0.6) is 0 Å². The molecule has 5 N–H and O–H groups in total. The number of piperidine rings is 1. The molecule has 346 valence electrons. The lowest BCUT2D eigenvalue weighted by Crippen LogP contribution is -2.52. The molecule has 5 aliphatic rings. The summed E-state index contributed by atoms with van der Waals surface area (Å²) in [5.74, 6) is -1.20. The smallest absolute Gasteiger partial charge is 0.255 e. The Morgan fingerprint density at radius 3 is 2.45 bits per heavy atom. The van der Waals surface area contributed by atoms with Crippen molar-refractivity contribution in [3.05, 3.63) is 107 Å². The Kier molecular flexibility index (Phi) is 13.0. The van der Waals surface area contributed by atoms with Crippen molar-refractivity contribution in [3.63, 3.8) is 0 Å². The number of aryl methyl sites for hydroxylation is 1. The van der Waals surface area contributed by atoms with Gasteiger partial charge in [0.1, 0.15) is 6.04 Å². The number of sulfonamides is 1. The van der Waals surface area contributed by atoms with Crippen LogP contribution >= 0.6 is 0 Å². The first-order valence-electron chi connectivity index (χ1n) is 22.9.